The smallest absolute Gasteiger partial charge is 0.124 e. The van der Waals surface area contributed by atoms with Crippen LogP contribution in [0.5, 0.6) is 5.75 Å². The summed E-state index contributed by atoms with van der Waals surface area (Å²) in [6.07, 6.45) is 0. The van der Waals surface area contributed by atoms with Gasteiger partial charge in [-0.1, -0.05) is 0 Å². The van der Waals surface area contributed by atoms with Crippen molar-refractivity contribution < 1.29 is 4.74 Å². The van der Waals surface area contributed by atoms with Gasteiger partial charge in [0.05, 0.1) is 7.11 Å². The highest BCUT2D eigenvalue weighted by Gasteiger charge is 2.02. The van der Waals surface area contributed by atoms with Gasteiger partial charge in [0.15, 0.2) is 0 Å². The quantitative estimate of drug-likeness (QED) is 0.685. The number of aryl methyl sites for hydroxylation is 2. The number of methoxy groups -OCH3 is 1. The van der Waals surface area contributed by atoms with Crippen LogP contribution in [0.2, 0.25) is 0 Å². The van der Waals surface area contributed by atoms with Gasteiger partial charge in [0.25, 0.3) is 0 Å². The molecule has 66 valence electrons. The van der Waals surface area contributed by atoms with Crippen molar-refractivity contribution in [1.82, 2.24) is 0 Å². The molecule has 0 fully saturated rings. The van der Waals surface area contributed by atoms with Crippen molar-refractivity contribution in [2.24, 2.45) is 0 Å². The van der Waals surface area contributed by atoms with Crippen molar-refractivity contribution in [3.05, 3.63) is 28.5 Å². The highest BCUT2D eigenvalue weighted by atomic mass is 16.5. The van der Waals surface area contributed by atoms with Gasteiger partial charge in [-0.15, -0.1) is 0 Å². The molecular formula is C9H12NO2-. The third-order valence-corrected chi connectivity index (χ3v) is 1.78. The lowest BCUT2D eigenvalue weighted by Gasteiger charge is -2.14. The lowest BCUT2D eigenvalue weighted by molar-refractivity contribution is 0.408. The second-order valence-electron chi connectivity index (χ2n) is 2.75. The van der Waals surface area contributed by atoms with Gasteiger partial charge in [-0.05, 0) is 37.1 Å². The molecule has 0 saturated carbocycles. The number of hydrogen-bond donors (Lipinski definition) is 1. The first kappa shape index (κ1) is 8.87. The van der Waals surface area contributed by atoms with E-state index in [-0.39, 0.29) is 0 Å². The standard InChI is InChI=1S/C9H12NO2/c1-6-4-8(10-11)5-7(2)9(6)12-3/h4-5,10H,1-3H3/q-1. The Hall–Kier alpha value is -1.22. The van der Waals surface area contributed by atoms with Crippen molar-refractivity contribution in [3.63, 3.8) is 0 Å². The summed E-state index contributed by atoms with van der Waals surface area (Å²) < 4.78 is 5.15. The molecule has 0 unspecified atom stereocenters. The molecule has 0 bridgehead atoms. The maximum absolute atomic E-state index is 10.3. The SMILES string of the molecule is COc1c(C)cc(N[O-])cc1C. The monoisotopic (exact) mass is 166 g/mol. The summed E-state index contributed by atoms with van der Waals surface area (Å²) in [5, 5.41) is 10.3. The average Bonchev–Trinajstić information content (AvgIpc) is 2.03. The highest BCUT2D eigenvalue weighted by molar-refractivity contribution is 5.55. The van der Waals surface area contributed by atoms with Gasteiger partial charge in [-0.25, -0.2) is 0 Å². The number of rotatable bonds is 2. The van der Waals surface area contributed by atoms with E-state index in [0.717, 1.165) is 16.9 Å². The van der Waals surface area contributed by atoms with Crippen LogP contribution in [0.4, 0.5) is 5.69 Å². The fraction of sp³-hybridized carbons (Fsp3) is 0.333. The molecule has 0 amide bonds. The summed E-state index contributed by atoms with van der Waals surface area (Å²) in [6, 6.07) is 3.53. The summed E-state index contributed by atoms with van der Waals surface area (Å²) in [5.41, 5.74) is 4.37. The fourth-order valence-electron chi connectivity index (χ4n) is 1.33. The molecule has 0 heterocycles. The summed E-state index contributed by atoms with van der Waals surface area (Å²) in [5.74, 6) is 0.842. The highest BCUT2D eigenvalue weighted by Crippen LogP contribution is 2.26. The molecular weight excluding hydrogens is 154 g/mol. The summed E-state index contributed by atoms with van der Waals surface area (Å²) in [6.45, 7) is 3.82. The zero-order chi connectivity index (χ0) is 9.14. The molecule has 1 aromatic rings. The summed E-state index contributed by atoms with van der Waals surface area (Å²) in [4.78, 5) is 0. The van der Waals surface area contributed by atoms with Crippen molar-refractivity contribution >= 4 is 5.69 Å². The van der Waals surface area contributed by atoms with Crippen LogP contribution in [-0.4, -0.2) is 7.11 Å². The van der Waals surface area contributed by atoms with E-state index < -0.39 is 0 Å². The molecule has 0 aromatic heterocycles. The van der Waals surface area contributed by atoms with Crippen LogP contribution in [0.15, 0.2) is 12.1 Å². The molecule has 1 rings (SSSR count). The number of nitrogens with one attached hydrogen (secondary N) is 1. The van der Waals surface area contributed by atoms with Gasteiger partial charge in [0.2, 0.25) is 0 Å². The van der Waals surface area contributed by atoms with Gasteiger partial charge < -0.3 is 15.4 Å². The van der Waals surface area contributed by atoms with E-state index >= 15 is 0 Å². The minimum Gasteiger partial charge on any atom is -0.761 e. The molecule has 0 aliphatic rings. The van der Waals surface area contributed by atoms with Gasteiger partial charge in [-0.2, -0.15) is 0 Å². The minimum atomic E-state index is 0.575. The van der Waals surface area contributed by atoms with E-state index in [9.17, 15) is 5.21 Å². The second-order valence-corrected chi connectivity index (χ2v) is 2.75. The first-order valence-electron chi connectivity index (χ1n) is 3.72. The molecule has 0 aliphatic carbocycles. The molecule has 0 aliphatic heterocycles. The molecule has 12 heavy (non-hydrogen) atoms. The van der Waals surface area contributed by atoms with Crippen LogP contribution < -0.4 is 10.2 Å². The Kier molecular flexibility index (Phi) is 2.55. The Morgan fingerprint density at radius 2 is 1.75 bits per heavy atom. The van der Waals surface area contributed by atoms with E-state index in [4.69, 9.17) is 4.74 Å². The van der Waals surface area contributed by atoms with E-state index in [1.54, 1.807) is 19.2 Å². The molecule has 0 spiro atoms. The Balaban J connectivity index is 3.18. The number of anilines is 1. The average molecular weight is 166 g/mol. The lowest BCUT2D eigenvalue weighted by Crippen LogP contribution is -1.93. The molecule has 1 aromatic carbocycles. The Morgan fingerprint density at radius 3 is 2.08 bits per heavy atom. The maximum atomic E-state index is 10.3. The van der Waals surface area contributed by atoms with Crippen LogP contribution in [0, 0.1) is 19.1 Å². The largest absolute Gasteiger partial charge is 0.761 e. The van der Waals surface area contributed by atoms with Crippen molar-refractivity contribution in [2.75, 3.05) is 12.6 Å². The predicted molar refractivity (Wildman–Crippen MR) is 49.5 cm³/mol. The van der Waals surface area contributed by atoms with Gasteiger partial charge in [-0.3, -0.25) is 0 Å². The van der Waals surface area contributed by atoms with Gasteiger partial charge in [0.1, 0.15) is 5.75 Å². The van der Waals surface area contributed by atoms with Crippen LogP contribution in [0.25, 0.3) is 0 Å². The van der Waals surface area contributed by atoms with Crippen LogP contribution in [0.1, 0.15) is 11.1 Å². The first-order valence-corrected chi connectivity index (χ1v) is 3.72. The van der Waals surface area contributed by atoms with Gasteiger partial charge in [0, 0.05) is 5.69 Å². The minimum absolute atomic E-state index is 0.575. The zero-order valence-corrected chi connectivity index (χ0v) is 7.47. The van der Waals surface area contributed by atoms with Crippen LogP contribution in [0.3, 0.4) is 0 Å². The topological polar surface area (TPSA) is 44.3 Å². The third kappa shape index (κ3) is 1.51. The maximum Gasteiger partial charge on any atom is 0.124 e. The third-order valence-electron chi connectivity index (χ3n) is 1.78. The molecule has 0 atom stereocenters. The summed E-state index contributed by atoms with van der Waals surface area (Å²) >= 11 is 0. The predicted octanol–water partition coefficient (Wildman–Crippen LogP) is 2.22. The summed E-state index contributed by atoms with van der Waals surface area (Å²) in [7, 11) is 1.62. The second kappa shape index (κ2) is 3.45. The lowest BCUT2D eigenvalue weighted by atomic mass is 10.1. The van der Waals surface area contributed by atoms with Gasteiger partial charge >= 0.3 is 0 Å². The molecule has 3 heteroatoms. The Labute approximate surface area is 71.9 Å². The fourth-order valence-corrected chi connectivity index (χ4v) is 1.33. The van der Waals surface area contributed by atoms with Crippen molar-refractivity contribution in [3.8, 4) is 5.75 Å². The number of ether oxygens (including phenoxy) is 1. The van der Waals surface area contributed by atoms with E-state index in [1.807, 2.05) is 19.3 Å². The van der Waals surface area contributed by atoms with Crippen LogP contribution in [-0.2, 0) is 0 Å². The Bertz CT molecular complexity index is 261. The van der Waals surface area contributed by atoms with Crippen LogP contribution >= 0.6 is 0 Å². The number of benzene rings is 1. The van der Waals surface area contributed by atoms with Crippen molar-refractivity contribution in [2.45, 2.75) is 13.8 Å². The number of hydrogen-bond acceptors (Lipinski definition) is 3. The van der Waals surface area contributed by atoms with E-state index in [1.165, 1.54) is 0 Å². The molecule has 1 N–H and O–H groups in total. The van der Waals surface area contributed by atoms with Crippen molar-refractivity contribution in [1.29, 1.82) is 0 Å². The van der Waals surface area contributed by atoms with E-state index in [2.05, 4.69) is 0 Å². The first-order chi connectivity index (χ1) is 5.69. The molecule has 0 saturated heterocycles. The van der Waals surface area contributed by atoms with E-state index in [0.29, 0.717) is 5.69 Å². The molecule has 0 radical (unpaired) electrons. The zero-order valence-electron chi connectivity index (χ0n) is 7.47. The Morgan fingerprint density at radius 1 is 1.25 bits per heavy atom. The molecule has 3 nitrogen and oxygen atoms in total. The normalized spacial score (nSPS) is 9.67.